The molecule has 25 heavy (non-hydrogen) atoms. The number of para-hydroxylation sites is 2. The van der Waals surface area contributed by atoms with Gasteiger partial charge in [0.05, 0.1) is 17.6 Å². The molecule has 0 unspecified atom stereocenters. The van der Waals surface area contributed by atoms with Crippen LogP contribution >= 0.6 is 0 Å². The van der Waals surface area contributed by atoms with Crippen molar-refractivity contribution in [2.45, 2.75) is 13.0 Å². The van der Waals surface area contributed by atoms with Gasteiger partial charge in [-0.3, -0.25) is 14.9 Å². The molecule has 0 aliphatic rings. The molecule has 0 spiro atoms. The number of hydrogen-bond donors (Lipinski definition) is 1. The number of nitrogens with zero attached hydrogens (tertiary/aromatic N) is 1. The first-order chi connectivity index (χ1) is 11.9. The first-order valence-electron chi connectivity index (χ1n) is 7.31. The van der Waals surface area contributed by atoms with Crippen molar-refractivity contribution in [2.24, 2.45) is 0 Å². The fourth-order valence-corrected chi connectivity index (χ4v) is 2.02. The van der Waals surface area contributed by atoms with E-state index < -0.39 is 22.9 Å². The lowest BCUT2D eigenvalue weighted by atomic mass is 10.2. The van der Waals surface area contributed by atoms with Crippen LogP contribution in [0.1, 0.15) is 17.3 Å². The summed E-state index contributed by atoms with van der Waals surface area (Å²) in [5.41, 5.74) is 0.242. The third kappa shape index (κ3) is 4.54. The Labute approximate surface area is 143 Å². The number of carbonyl (C=O) groups excluding carboxylic acids is 2. The minimum Gasteiger partial charge on any atom is -0.481 e. The minimum atomic E-state index is -0.899. The topological polar surface area (TPSA) is 108 Å². The number of esters is 1. The Hall–Kier alpha value is -3.42. The van der Waals surface area contributed by atoms with Crippen LogP contribution in [0.2, 0.25) is 0 Å². The van der Waals surface area contributed by atoms with Crippen molar-refractivity contribution < 1.29 is 24.0 Å². The van der Waals surface area contributed by atoms with E-state index in [9.17, 15) is 19.7 Å². The van der Waals surface area contributed by atoms with Gasteiger partial charge in [0.25, 0.3) is 11.6 Å². The van der Waals surface area contributed by atoms with Gasteiger partial charge in [-0.2, -0.15) is 0 Å². The van der Waals surface area contributed by atoms with Crippen LogP contribution in [0.25, 0.3) is 0 Å². The highest BCUT2D eigenvalue weighted by Gasteiger charge is 2.20. The molecule has 0 aliphatic carbocycles. The molecule has 0 heterocycles. The van der Waals surface area contributed by atoms with Crippen LogP contribution in [-0.4, -0.2) is 30.0 Å². The summed E-state index contributed by atoms with van der Waals surface area (Å²) in [5.74, 6) is -0.641. The second-order valence-electron chi connectivity index (χ2n) is 5.04. The molecule has 2 aromatic rings. The maximum atomic E-state index is 12.2. The van der Waals surface area contributed by atoms with E-state index in [0.717, 1.165) is 0 Å². The third-order valence-electron chi connectivity index (χ3n) is 3.32. The number of nitro groups is 1. The lowest BCUT2D eigenvalue weighted by molar-refractivity contribution is -0.383. The molecule has 0 aromatic heterocycles. The number of amides is 1. The zero-order chi connectivity index (χ0) is 18.4. The summed E-state index contributed by atoms with van der Waals surface area (Å²) in [6.45, 7) is 1.51. The summed E-state index contributed by atoms with van der Waals surface area (Å²) in [6.07, 6.45) is -0.899. The molecule has 0 fully saturated rings. The Balaban J connectivity index is 2.03. The molecule has 1 atom stereocenters. The van der Waals surface area contributed by atoms with Gasteiger partial charge in [0.1, 0.15) is 11.4 Å². The molecule has 1 N–H and O–H groups in total. The number of ether oxygens (including phenoxy) is 2. The zero-order valence-corrected chi connectivity index (χ0v) is 13.6. The van der Waals surface area contributed by atoms with Gasteiger partial charge in [0, 0.05) is 6.07 Å². The largest absolute Gasteiger partial charge is 0.481 e. The Morgan fingerprint density at radius 3 is 2.36 bits per heavy atom. The molecule has 2 aromatic carbocycles. The molecule has 130 valence electrons. The van der Waals surface area contributed by atoms with E-state index in [4.69, 9.17) is 4.74 Å². The Morgan fingerprint density at radius 1 is 1.12 bits per heavy atom. The monoisotopic (exact) mass is 344 g/mol. The number of nitrogens with one attached hydrogen (secondary N) is 1. The minimum absolute atomic E-state index is 0.0917. The second kappa shape index (κ2) is 7.91. The van der Waals surface area contributed by atoms with E-state index in [-0.39, 0.29) is 11.4 Å². The van der Waals surface area contributed by atoms with Gasteiger partial charge in [-0.05, 0) is 37.3 Å². The molecular weight excluding hydrogens is 328 g/mol. The zero-order valence-electron chi connectivity index (χ0n) is 13.6. The predicted molar refractivity (Wildman–Crippen MR) is 89.6 cm³/mol. The van der Waals surface area contributed by atoms with Gasteiger partial charge in [-0.1, -0.05) is 12.1 Å². The highest BCUT2D eigenvalue weighted by Crippen LogP contribution is 2.23. The Bertz CT molecular complexity index is 788. The number of rotatable bonds is 6. The van der Waals surface area contributed by atoms with Crippen LogP contribution in [-0.2, 0) is 9.53 Å². The molecule has 0 saturated heterocycles. The number of methoxy groups -OCH3 is 1. The van der Waals surface area contributed by atoms with Crippen LogP contribution < -0.4 is 10.1 Å². The van der Waals surface area contributed by atoms with E-state index in [1.54, 1.807) is 6.07 Å². The number of benzene rings is 2. The van der Waals surface area contributed by atoms with Crippen LogP contribution in [0.5, 0.6) is 5.75 Å². The van der Waals surface area contributed by atoms with E-state index in [1.807, 2.05) is 0 Å². The van der Waals surface area contributed by atoms with Crippen molar-refractivity contribution in [1.29, 1.82) is 0 Å². The Kier molecular flexibility index (Phi) is 5.67. The fraction of sp³-hybridized carbons (Fsp3) is 0.176. The fourth-order valence-electron chi connectivity index (χ4n) is 2.02. The van der Waals surface area contributed by atoms with Gasteiger partial charge >= 0.3 is 5.97 Å². The van der Waals surface area contributed by atoms with E-state index in [0.29, 0.717) is 11.3 Å². The van der Waals surface area contributed by atoms with Crippen molar-refractivity contribution in [3.8, 4) is 5.75 Å². The highest BCUT2D eigenvalue weighted by atomic mass is 16.6. The summed E-state index contributed by atoms with van der Waals surface area (Å²) in [7, 11) is 1.28. The molecular formula is C17H16N2O6. The third-order valence-corrected chi connectivity index (χ3v) is 3.32. The molecule has 0 saturated carbocycles. The standard InChI is InChI=1S/C17H16N2O6/c1-11(25-13-9-7-12(8-10-13)17(21)24-2)16(20)18-14-5-3-4-6-15(14)19(22)23/h3-11H,1-2H3,(H,18,20)/t11-/m1/s1. The maximum Gasteiger partial charge on any atom is 0.337 e. The first kappa shape index (κ1) is 17.9. The highest BCUT2D eigenvalue weighted by molar-refractivity contribution is 5.96. The van der Waals surface area contributed by atoms with Gasteiger partial charge in [-0.25, -0.2) is 4.79 Å². The molecule has 0 bridgehead atoms. The number of nitro benzene ring substituents is 1. The average Bonchev–Trinajstić information content (AvgIpc) is 2.61. The number of carbonyl (C=O) groups is 2. The predicted octanol–water partition coefficient (Wildman–Crippen LogP) is 2.79. The summed E-state index contributed by atoms with van der Waals surface area (Å²) in [4.78, 5) is 33.9. The van der Waals surface area contributed by atoms with Crippen molar-refractivity contribution >= 4 is 23.3 Å². The van der Waals surface area contributed by atoms with Crippen LogP contribution in [0.4, 0.5) is 11.4 Å². The van der Waals surface area contributed by atoms with Crippen molar-refractivity contribution in [3.05, 3.63) is 64.2 Å². The van der Waals surface area contributed by atoms with E-state index in [1.165, 1.54) is 56.5 Å². The second-order valence-corrected chi connectivity index (χ2v) is 5.04. The molecule has 8 nitrogen and oxygen atoms in total. The van der Waals surface area contributed by atoms with Crippen molar-refractivity contribution in [1.82, 2.24) is 0 Å². The number of hydrogen-bond acceptors (Lipinski definition) is 6. The normalized spacial score (nSPS) is 11.3. The number of anilines is 1. The molecule has 8 heteroatoms. The van der Waals surface area contributed by atoms with Crippen molar-refractivity contribution in [2.75, 3.05) is 12.4 Å². The molecule has 0 radical (unpaired) electrons. The van der Waals surface area contributed by atoms with Crippen LogP contribution in [0.3, 0.4) is 0 Å². The first-order valence-corrected chi connectivity index (χ1v) is 7.31. The van der Waals surface area contributed by atoms with E-state index in [2.05, 4.69) is 10.1 Å². The van der Waals surface area contributed by atoms with Crippen LogP contribution in [0.15, 0.2) is 48.5 Å². The van der Waals surface area contributed by atoms with Crippen LogP contribution in [0, 0.1) is 10.1 Å². The Morgan fingerprint density at radius 2 is 1.76 bits per heavy atom. The molecule has 1 amide bonds. The summed E-state index contributed by atoms with van der Waals surface area (Å²) in [5, 5.41) is 13.4. The maximum absolute atomic E-state index is 12.2. The average molecular weight is 344 g/mol. The van der Waals surface area contributed by atoms with E-state index >= 15 is 0 Å². The smallest absolute Gasteiger partial charge is 0.337 e. The lowest BCUT2D eigenvalue weighted by Gasteiger charge is -2.15. The van der Waals surface area contributed by atoms with Crippen molar-refractivity contribution in [3.63, 3.8) is 0 Å². The molecule has 0 aliphatic heterocycles. The van der Waals surface area contributed by atoms with Gasteiger partial charge in [0.2, 0.25) is 0 Å². The molecule has 2 rings (SSSR count). The van der Waals surface area contributed by atoms with Gasteiger partial charge in [-0.15, -0.1) is 0 Å². The summed E-state index contributed by atoms with van der Waals surface area (Å²) in [6, 6.07) is 11.9. The van der Waals surface area contributed by atoms with Gasteiger partial charge < -0.3 is 14.8 Å². The summed E-state index contributed by atoms with van der Waals surface area (Å²) < 4.78 is 10.1. The van der Waals surface area contributed by atoms with Gasteiger partial charge in [0.15, 0.2) is 6.10 Å². The lowest BCUT2D eigenvalue weighted by Crippen LogP contribution is -2.30. The SMILES string of the molecule is COC(=O)c1ccc(O[C@H](C)C(=O)Nc2ccccc2[N+](=O)[O-])cc1. The quantitative estimate of drug-likeness (QED) is 0.490. The summed E-state index contributed by atoms with van der Waals surface area (Å²) >= 11 is 0.